The van der Waals surface area contributed by atoms with Crippen molar-refractivity contribution < 1.29 is 9.13 Å². The van der Waals surface area contributed by atoms with Crippen molar-refractivity contribution in [2.75, 3.05) is 26.3 Å². The van der Waals surface area contributed by atoms with Crippen molar-refractivity contribution in [3.8, 4) is 0 Å². The van der Waals surface area contributed by atoms with E-state index in [4.69, 9.17) is 4.74 Å². The predicted molar refractivity (Wildman–Crippen MR) is 69.4 cm³/mol. The van der Waals surface area contributed by atoms with Crippen LogP contribution in [0.5, 0.6) is 0 Å². The second-order valence-electron chi connectivity index (χ2n) is 5.36. The molecule has 0 spiro atoms. The first-order chi connectivity index (χ1) is 8.84. The first kappa shape index (κ1) is 12.1. The number of hydrogen-bond acceptors (Lipinski definition) is 2. The van der Waals surface area contributed by atoms with Crippen molar-refractivity contribution in [3.05, 3.63) is 35.1 Å². The minimum Gasteiger partial charge on any atom is -0.381 e. The van der Waals surface area contributed by atoms with Crippen LogP contribution in [-0.2, 0) is 4.74 Å². The summed E-state index contributed by atoms with van der Waals surface area (Å²) < 4.78 is 19.0. The summed E-state index contributed by atoms with van der Waals surface area (Å²) in [6.45, 7) is 3.72. The van der Waals surface area contributed by atoms with Gasteiger partial charge in [-0.3, -0.25) is 0 Å². The summed E-state index contributed by atoms with van der Waals surface area (Å²) >= 11 is 0. The van der Waals surface area contributed by atoms with Crippen LogP contribution in [0, 0.1) is 5.82 Å². The Labute approximate surface area is 108 Å². The summed E-state index contributed by atoms with van der Waals surface area (Å²) in [4.78, 5) is 0. The van der Waals surface area contributed by atoms with Gasteiger partial charge in [-0.05, 0) is 61.5 Å². The molecule has 0 amide bonds. The summed E-state index contributed by atoms with van der Waals surface area (Å²) in [5.41, 5.74) is 2.55. The van der Waals surface area contributed by atoms with Crippen LogP contribution in [-0.4, -0.2) is 26.3 Å². The molecule has 1 aromatic rings. The average molecular weight is 249 g/mol. The van der Waals surface area contributed by atoms with Crippen molar-refractivity contribution in [2.45, 2.75) is 31.1 Å². The Morgan fingerprint density at radius 1 is 1.06 bits per heavy atom. The average Bonchev–Trinajstić information content (AvgIpc) is 2.93. The van der Waals surface area contributed by atoms with Crippen molar-refractivity contribution >= 4 is 0 Å². The number of ether oxygens (including phenoxy) is 1. The Bertz CT molecular complexity index is 409. The molecule has 1 aromatic carbocycles. The summed E-state index contributed by atoms with van der Waals surface area (Å²) in [6.07, 6.45) is 3.30. The van der Waals surface area contributed by atoms with E-state index in [1.165, 1.54) is 11.1 Å². The number of rotatable bonds is 2. The molecule has 1 unspecified atom stereocenters. The molecule has 3 rings (SSSR count). The third-order valence-corrected chi connectivity index (χ3v) is 4.20. The third kappa shape index (κ3) is 2.43. The van der Waals surface area contributed by atoms with E-state index in [2.05, 4.69) is 5.32 Å². The summed E-state index contributed by atoms with van der Waals surface area (Å²) in [5, 5.41) is 3.37. The van der Waals surface area contributed by atoms with E-state index in [1.807, 2.05) is 6.07 Å². The minimum absolute atomic E-state index is 0.105. The maximum atomic E-state index is 13.5. The first-order valence-electron chi connectivity index (χ1n) is 6.92. The molecule has 1 atom stereocenters. The second-order valence-corrected chi connectivity index (χ2v) is 5.36. The maximum absolute atomic E-state index is 13.5. The van der Waals surface area contributed by atoms with Gasteiger partial charge in [0.15, 0.2) is 0 Å². The molecule has 2 aliphatic heterocycles. The molecule has 0 aromatic heterocycles. The molecule has 0 radical (unpaired) electrons. The molecule has 0 bridgehead atoms. The zero-order chi connectivity index (χ0) is 12.4. The molecule has 2 aliphatic rings. The molecular weight excluding hydrogens is 229 g/mol. The van der Waals surface area contributed by atoms with E-state index < -0.39 is 0 Å². The number of nitrogens with one attached hydrogen (secondary N) is 1. The van der Waals surface area contributed by atoms with Gasteiger partial charge in [-0.15, -0.1) is 0 Å². The standard InChI is InChI=1S/C15H20FNO/c16-13-1-2-14(12-5-8-18-10-12)15(9-13)11-3-6-17-7-4-11/h1-2,9,11-12,17H,3-8,10H2. The van der Waals surface area contributed by atoms with Crippen molar-refractivity contribution in [3.63, 3.8) is 0 Å². The van der Waals surface area contributed by atoms with Gasteiger partial charge in [0.25, 0.3) is 0 Å². The summed E-state index contributed by atoms with van der Waals surface area (Å²) in [5.74, 6) is 0.874. The van der Waals surface area contributed by atoms with E-state index in [9.17, 15) is 4.39 Å². The van der Waals surface area contributed by atoms with E-state index >= 15 is 0 Å². The molecule has 1 N–H and O–H groups in total. The lowest BCUT2D eigenvalue weighted by Gasteiger charge is -2.26. The fourth-order valence-corrected chi connectivity index (χ4v) is 3.18. The molecule has 0 saturated carbocycles. The number of benzene rings is 1. The Morgan fingerprint density at radius 2 is 1.89 bits per heavy atom. The SMILES string of the molecule is Fc1ccc(C2CCOC2)c(C2CCNCC2)c1. The van der Waals surface area contributed by atoms with E-state index in [-0.39, 0.29) is 5.82 Å². The zero-order valence-electron chi connectivity index (χ0n) is 10.6. The highest BCUT2D eigenvalue weighted by molar-refractivity contribution is 5.35. The highest BCUT2D eigenvalue weighted by Gasteiger charge is 2.25. The Kier molecular flexibility index (Phi) is 3.62. The normalized spacial score (nSPS) is 25.5. The first-order valence-corrected chi connectivity index (χ1v) is 6.92. The smallest absolute Gasteiger partial charge is 0.123 e. The summed E-state index contributed by atoms with van der Waals surface area (Å²) in [6, 6.07) is 5.33. The van der Waals surface area contributed by atoms with Crippen LogP contribution in [0.25, 0.3) is 0 Å². The van der Waals surface area contributed by atoms with Gasteiger partial charge in [0.1, 0.15) is 5.82 Å². The van der Waals surface area contributed by atoms with E-state index in [1.54, 1.807) is 12.1 Å². The lowest BCUT2D eigenvalue weighted by molar-refractivity contribution is 0.193. The van der Waals surface area contributed by atoms with Gasteiger partial charge in [0.05, 0.1) is 6.61 Å². The van der Waals surface area contributed by atoms with E-state index in [0.717, 1.165) is 45.6 Å². The van der Waals surface area contributed by atoms with Gasteiger partial charge in [0, 0.05) is 12.5 Å². The number of halogens is 1. The van der Waals surface area contributed by atoms with Crippen LogP contribution in [0.15, 0.2) is 18.2 Å². The van der Waals surface area contributed by atoms with Gasteiger partial charge < -0.3 is 10.1 Å². The molecule has 3 heteroatoms. The molecule has 0 aliphatic carbocycles. The highest BCUT2D eigenvalue weighted by Crippen LogP contribution is 2.35. The molecule has 2 saturated heterocycles. The molecule has 2 fully saturated rings. The van der Waals surface area contributed by atoms with Crippen LogP contribution in [0.4, 0.5) is 4.39 Å². The van der Waals surface area contributed by atoms with Crippen LogP contribution in [0.3, 0.4) is 0 Å². The fourth-order valence-electron chi connectivity index (χ4n) is 3.18. The zero-order valence-corrected chi connectivity index (χ0v) is 10.6. The largest absolute Gasteiger partial charge is 0.381 e. The van der Waals surface area contributed by atoms with Gasteiger partial charge in [-0.25, -0.2) is 4.39 Å². The van der Waals surface area contributed by atoms with Crippen LogP contribution in [0.1, 0.15) is 42.2 Å². The van der Waals surface area contributed by atoms with Crippen LogP contribution in [0.2, 0.25) is 0 Å². The molecule has 18 heavy (non-hydrogen) atoms. The lowest BCUT2D eigenvalue weighted by atomic mass is 9.82. The number of hydrogen-bond donors (Lipinski definition) is 1. The molecule has 2 nitrogen and oxygen atoms in total. The monoisotopic (exact) mass is 249 g/mol. The van der Waals surface area contributed by atoms with Gasteiger partial charge in [0.2, 0.25) is 0 Å². The third-order valence-electron chi connectivity index (χ3n) is 4.20. The predicted octanol–water partition coefficient (Wildman–Crippen LogP) is 2.80. The maximum Gasteiger partial charge on any atom is 0.123 e. The Balaban J connectivity index is 1.91. The minimum atomic E-state index is -0.105. The van der Waals surface area contributed by atoms with Crippen molar-refractivity contribution in [1.82, 2.24) is 5.32 Å². The van der Waals surface area contributed by atoms with Gasteiger partial charge in [-0.2, -0.15) is 0 Å². The van der Waals surface area contributed by atoms with Crippen LogP contribution >= 0.6 is 0 Å². The highest BCUT2D eigenvalue weighted by atomic mass is 19.1. The fraction of sp³-hybridized carbons (Fsp3) is 0.600. The molecule has 2 heterocycles. The second kappa shape index (κ2) is 5.37. The molecule has 98 valence electrons. The van der Waals surface area contributed by atoms with E-state index in [0.29, 0.717) is 11.8 Å². The Morgan fingerprint density at radius 3 is 2.61 bits per heavy atom. The van der Waals surface area contributed by atoms with Crippen LogP contribution < -0.4 is 5.32 Å². The summed E-state index contributed by atoms with van der Waals surface area (Å²) in [7, 11) is 0. The topological polar surface area (TPSA) is 21.3 Å². The number of piperidine rings is 1. The lowest BCUT2D eigenvalue weighted by Crippen LogP contribution is -2.27. The van der Waals surface area contributed by atoms with Gasteiger partial charge in [-0.1, -0.05) is 6.07 Å². The Hall–Kier alpha value is -0.930. The quantitative estimate of drug-likeness (QED) is 0.870. The van der Waals surface area contributed by atoms with Gasteiger partial charge >= 0.3 is 0 Å². The van der Waals surface area contributed by atoms with Crippen molar-refractivity contribution in [1.29, 1.82) is 0 Å². The molecular formula is C15H20FNO. The van der Waals surface area contributed by atoms with Crippen molar-refractivity contribution in [2.24, 2.45) is 0 Å².